The van der Waals surface area contributed by atoms with E-state index >= 15 is 0 Å². The second-order valence-corrected chi connectivity index (χ2v) is 6.27. The van der Waals surface area contributed by atoms with Crippen molar-refractivity contribution in [2.24, 2.45) is 5.92 Å². The Bertz CT molecular complexity index is 849. The van der Waals surface area contributed by atoms with E-state index in [0.717, 1.165) is 11.3 Å². The number of anilines is 2. The molecular weight excluding hydrogens is 320 g/mol. The maximum absolute atomic E-state index is 12.6. The van der Waals surface area contributed by atoms with Gasteiger partial charge in [-0.05, 0) is 43.2 Å². The van der Waals surface area contributed by atoms with Gasteiger partial charge in [0, 0.05) is 5.69 Å². The summed E-state index contributed by atoms with van der Waals surface area (Å²) in [4.78, 5) is 24.3. The highest BCUT2D eigenvalue weighted by Crippen LogP contribution is 2.33. The predicted octanol–water partition coefficient (Wildman–Crippen LogP) is 2.60. The molecule has 0 saturated heterocycles. The Morgan fingerprint density at radius 3 is 2.92 bits per heavy atom. The van der Waals surface area contributed by atoms with E-state index in [9.17, 15) is 9.59 Å². The van der Waals surface area contributed by atoms with Gasteiger partial charge in [-0.1, -0.05) is 18.2 Å². The summed E-state index contributed by atoms with van der Waals surface area (Å²) >= 11 is 0. The highest BCUT2D eigenvalue weighted by molar-refractivity contribution is 5.99. The lowest BCUT2D eigenvalue weighted by atomic mass is 9.96. The van der Waals surface area contributed by atoms with Crippen LogP contribution in [-0.4, -0.2) is 24.5 Å². The summed E-state index contributed by atoms with van der Waals surface area (Å²) in [7, 11) is 0. The number of fused-ring (bicyclic) bond motifs is 2. The van der Waals surface area contributed by atoms with Gasteiger partial charge in [-0.25, -0.2) is 0 Å². The first-order valence-electron chi connectivity index (χ1n) is 8.23. The van der Waals surface area contributed by atoms with Gasteiger partial charge in [0.05, 0.1) is 11.6 Å². The van der Waals surface area contributed by atoms with Gasteiger partial charge in [-0.15, -0.1) is 0 Å². The molecule has 2 unspecified atom stereocenters. The average Bonchev–Trinajstić information content (AvgIpc) is 2.62. The van der Waals surface area contributed by atoms with E-state index in [1.807, 2.05) is 24.3 Å². The number of para-hydroxylation sites is 1. The average molecular weight is 338 g/mol. The molecule has 0 radical (unpaired) electrons. The van der Waals surface area contributed by atoms with E-state index in [4.69, 9.17) is 9.47 Å². The molecule has 0 fully saturated rings. The molecule has 6 nitrogen and oxygen atoms in total. The first kappa shape index (κ1) is 15.5. The lowest BCUT2D eigenvalue weighted by Crippen LogP contribution is -2.34. The Hall–Kier alpha value is -3.02. The second-order valence-electron chi connectivity index (χ2n) is 6.27. The summed E-state index contributed by atoms with van der Waals surface area (Å²) in [6.45, 7) is 2.04. The van der Waals surface area contributed by atoms with Gasteiger partial charge in [0.25, 0.3) is 5.91 Å². The van der Waals surface area contributed by atoms with Crippen molar-refractivity contribution in [2.75, 3.05) is 17.2 Å². The molecule has 2 aliphatic heterocycles. The fourth-order valence-electron chi connectivity index (χ4n) is 3.03. The number of amides is 2. The summed E-state index contributed by atoms with van der Waals surface area (Å²) in [5, 5.41) is 5.67. The van der Waals surface area contributed by atoms with Crippen LogP contribution in [0.15, 0.2) is 42.5 Å². The minimum Gasteiger partial charge on any atom is -0.492 e. The van der Waals surface area contributed by atoms with E-state index in [0.29, 0.717) is 30.2 Å². The molecule has 2 N–H and O–H groups in total. The van der Waals surface area contributed by atoms with Gasteiger partial charge >= 0.3 is 0 Å². The molecule has 6 heteroatoms. The molecule has 0 saturated carbocycles. The predicted molar refractivity (Wildman–Crippen MR) is 92.9 cm³/mol. The summed E-state index contributed by atoms with van der Waals surface area (Å²) in [6.07, 6.45) is 0.122. The molecule has 4 rings (SSSR count). The van der Waals surface area contributed by atoms with E-state index in [2.05, 4.69) is 10.6 Å². The van der Waals surface area contributed by atoms with E-state index in [1.54, 1.807) is 25.1 Å². The number of rotatable bonds is 2. The zero-order chi connectivity index (χ0) is 17.4. The van der Waals surface area contributed by atoms with Gasteiger partial charge in [0.1, 0.15) is 18.1 Å². The van der Waals surface area contributed by atoms with Crippen LogP contribution < -0.4 is 20.1 Å². The van der Waals surface area contributed by atoms with Crippen molar-refractivity contribution in [1.29, 1.82) is 0 Å². The Morgan fingerprint density at radius 1 is 1.20 bits per heavy atom. The quantitative estimate of drug-likeness (QED) is 0.882. The number of benzene rings is 2. The molecule has 2 amide bonds. The molecule has 2 aromatic carbocycles. The van der Waals surface area contributed by atoms with Crippen LogP contribution in [0.2, 0.25) is 0 Å². The van der Waals surface area contributed by atoms with Crippen LogP contribution in [0.25, 0.3) is 0 Å². The number of hydrogen-bond donors (Lipinski definition) is 2. The first-order chi connectivity index (χ1) is 12.1. The molecular formula is C19H18N2O4. The van der Waals surface area contributed by atoms with Crippen LogP contribution in [0.3, 0.4) is 0 Å². The van der Waals surface area contributed by atoms with Crippen molar-refractivity contribution in [1.82, 2.24) is 0 Å². The highest BCUT2D eigenvalue weighted by Gasteiger charge is 2.27. The van der Waals surface area contributed by atoms with Gasteiger partial charge in [0.2, 0.25) is 5.91 Å². The summed E-state index contributed by atoms with van der Waals surface area (Å²) in [6, 6.07) is 13.0. The molecule has 0 aromatic heterocycles. The second kappa shape index (κ2) is 6.12. The van der Waals surface area contributed by atoms with Crippen molar-refractivity contribution in [3.8, 4) is 11.5 Å². The van der Waals surface area contributed by atoms with Crippen LogP contribution >= 0.6 is 0 Å². The Morgan fingerprint density at radius 2 is 2.04 bits per heavy atom. The smallest absolute Gasteiger partial charge is 0.265 e. The van der Waals surface area contributed by atoms with Crippen LogP contribution in [0.4, 0.5) is 11.4 Å². The zero-order valence-corrected chi connectivity index (χ0v) is 13.7. The number of ether oxygens (including phenoxy) is 2. The molecule has 25 heavy (non-hydrogen) atoms. The largest absolute Gasteiger partial charge is 0.492 e. The first-order valence-corrected chi connectivity index (χ1v) is 8.23. The van der Waals surface area contributed by atoms with Crippen molar-refractivity contribution in [2.45, 2.75) is 19.4 Å². The Labute approximate surface area is 145 Å². The zero-order valence-electron chi connectivity index (χ0n) is 13.7. The third-order valence-electron chi connectivity index (χ3n) is 4.43. The number of nitrogens with one attached hydrogen (secondary N) is 2. The minimum atomic E-state index is -0.521. The highest BCUT2D eigenvalue weighted by atomic mass is 16.5. The molecule has 0 bridgehead atoms. The van der Waals surface area contributed by atoms with Gasteiger partial charge in [-0.3, -0.25) is 9.59 Å². The maximum atomic E-state index is 12.6. The molecule has 2 atom stereocenters. The van der Waals surface area contributed by atoms with E-state index in [-0.39, 0.29) is 17.7 Å². The SMILES string of the molecule is CC1Oc2ccc(NC(=O)C3COc4ccccc4C3)cc2NC1=O. The molecule has 2 aliphatic rings. The van der Waals surface area contributed by atoms with E-state index < -0.39 is 6.10 Å². The lowest BCUT2D eigenvalue weighted by molar-refractivity contribution is -0.123. The van der Waals surface area contributed by atoms with Crippen molar-refractivity contribution >= 4 is 23.2 Å². The van der Waals surface area contributed by atoms with Gasteiger partial charge in [-0.2, -0.15) is 0 Å². The summed E-state index contributed by atoms with van der Waals surface area (Å²) in [5.41, 5.74) is 2.21. The fourth-order valence-corrected chi connectivity index (χ4v) is 3.03. The minimum absolute atomic E-state index is 0.106. The third-order valence-corrected chi connectivity index (χ3v) is 4.43. The Kier molecular flexibility index (Phi) is 3.80. The van der Waals surface area contributed by atoms with Crippen LogP contribution in [-0.2, 0) is 16.0 Å². The standard InChI is InChI=1S/C19H18N2O4/c1-11-18(22)21-15-9-14(6-7-17(15)25-11)20-19(23)13-8-12-4-2-3-5-16(12)24-10-13/h2-7,9,11,13H,8,10H2,1H3,(H,20,23)(H,21,22). The third kappa shape index (κ3) is 3.03. The lowest BCUT2D eigenvalue weighted by Gasteiger charge is -2.25. The Balaban J connectivity index is 1.47. The number of hydrogen-bond acceptors (Lipinski definition) is 4. The van der Waals surface area contributed by atoms with Crippen LogP contribution in [0.1, 0.15) is 12.5 Å². The van der Waals surface area contributed by atoms with Gasteiger partial charge in [0.15, 0.2) is 6.10 Å². The molecule has 2 aromatic rings. The molecule has 0 aliphatic carbocycles. The monoisotopic (exact) mass is 338 g/mol. The van der Waals surface area contributed by atoms with Crippen molar-refractivity contribution in [3.63, 3.8) is 0 Å². The normalized spacial score (nSPS) is 21.1. The van der Waals surface area contributed by atoms with Crippen molar-refractivity contribution in [3.05, 3.63) is 48.0 Å². The number of carbonyl (C=O) groups excluding carboxylic acids is 2. The van der Waals surface area contributed by atoms with Gasteiger partial charge < -0.3 is 20.1 Å². The summed E-state index contributed by atoms with van der Waals surface area (Å²) < 4.78 is 11.2. The van der Waals surface area contributed by atoms with Crippen molar-refractivity contribution < 1.29 is 19.1 Å². The topological polar surface area (TPSA) is 76.7 Å². The maximum Gasteiger partial charge on any atom is 0.265 e. The van der Waals surface area contributed by atoms with E-state index in [1.165, 1.54) is 0 Å². The number of carbonyl (C=O) groups is 2. The van der Waals surface area contributed by atoms with Crippen LogP contribution in [0, 0.1) is 5.92 Å². The molecule has 0 spiro atoms. The summed E-state index contributed by atoms with van der Waals surface area (Å²) in [5.74, 6) is 0.880. The molecule has 2 heterocycles. The molecule has 128 valence electrons. The van der Waals surface area contributed by atoms with Crippen LogP contribution in [0.5, 0.6) is 11.5 Å². The fraction of sp³-hybridized carbons (Fsp3) is 0.263.